The molecular weight excluding hydrogens is 248 g/mol. The normalized spacial score (nSPS) is 29.6. The van der Waals surface area contributed by atoms with E-state index in [-0.39, 0.29) is 17.8 Å². The molecule has 0 fully saturated rings. The van der Waals surface area contributed by atoms with Crippen LogP contribution in [0.15, 0.2) is 34.2 Å². The SMILES string of the molecule is NC(=O)C1=C(N)C2C=C(Br)C=CC2O1. The number of halogens is 1. The molecule has 1 heterocycles. The third-order valence-corrected chi connectivity index (χ3v) is 2.77. The molecule has 4 nitrogen and oxygen atoms in total. The molecule has 2 atom stereocenters. The minimum absolute atomic E-state index is 0.0862. The Bertz CT molecular complexity index is 384. The number of carbonyl (C=O) groups excluding carboxylic acids is 1. The average molecular weight is 257 g/mol. The summed E-state index contributed by atoms with van der Waals surface area (Å²) in [6.45, 7) is 0. The first-order valence-corrected chi connectivity index (χ1v) is 4.90. The summed E-state index contributed by atoms with van der Waals surface area (Å²) in [6.07, 6.45) is 5.41. The fourth-order valence-corrected chi connectivity index (χ4v) is 2.00. The summed E-state index contributed by atoms with van der Waals surface area (Å²) in [5.41, 5.74) is 11.3. The molecule has 0 radical (unpaired) electrons. The lowest BCUT2D eigenvalue weighted by Gasteiger charge is -2.16. The molecule has 0 saturated heterocycles. The second kappa shape index (κ2) is 3.16. The lowest BCUT2D eigenvalue weighted by molar-refractivity contribution is -0.118. The van der Waals surface area contributed by atoms with Gasteiger partial charge in [0, 0.05) is 4.48 Å². The number of hydrogen-bond donors (Lipinski definition) is 2. The minimum Gasteiger partial charge on any atom is -0.478 e. The molecule has 0 aromatic carbocycles. The highest BCUT2D eigenvalue weighted by Crippen LogP contribution is 2.34. The van der Waals surface area contributed by atoms with Gasteiger partial charge in [-0.1, -0.05) is 22.0 Å². The molecule has 1 aliphatic carbocycles. The van der Waals surface area contributed by atoms with Crippen LogP contribution in [0.5, 0.6) is 0 Å². The lowest BCUT2D eigenvalue weighted by Crippen LogP contribution is -2.19. The van der Waals surface area contributed by atoms with Gasteiger partial charge in [-0.3, -0.25) is 4.79 Å². The molecule has 0 aromatic heterocycles. The van der Waals surface area contributed by atoms with Crippen molar-refractivity contribution < 1.29 is 9.53 Å². The van der Waals surface area contributed by atoms with Crippen molar-refractivity contribution in [2.75, 3.05) is 0 Å². The second-order valence-corrected chi connectivity index (χ2v) is 4.08. The molecule has 4 N–H and O–H groups in total. The lowest BCUT2D eigenvalue weighted by atomic mass is 9.96. The fraction of sp³-hybridized carbons (Fsp3) is 0.222. The van der Waals surface area contributed by atoms with Crippen LogP contribution in [0, 0.1) is 5.92 Å². The van der Waals surface area contributed by atoms with Gasteiger partial charge in [-0.2, -0.15) is 0 Å². The van der Waals surface area contributed by atoms with Gasteiger partial charge in [0.1, 0.15) is 6.10 Å². The van der Waals surface area contributed by atoms with Gasteiger partial charge in [0.25, 0.3) is 5.91 Å². The molecular formula is C9H9BrN2O2. The number of ether oxygens (including phenoxy) is 1. The van der Waals surface area contributed by atoms with Gasteiger partial charge in [0.15, 0.2) is 0 Å². The van der Waals surface area contributed by atoms with Crippen LogP contribution in [0.4, 0.5) is 0 Å². The first-order chi connectivity index (χ1) is 6.59. The molecule has 74 valence electrons. The highest BCUT2D eigenvalue weighted by molar-refractivity contribution is 9.11. The number of rotatable bonds is 1. The molecule has 2 unspecified atom stereocenters. The predicted molar refractivity (Wildman–Crippen MR) is 54.9 cm³/mol. The molecule has 14 heavy (non-hydrogen) atoms. The Hall–Kier alpha value is -1.23. The molecule has 0 bridgehead atoms. The number of primary amides is 1. The first-order valence-electron chi connectivity index (χ1n) is 4.11. The van der Waals surface area contributed by atoms with Crippen molar-refractivity contribution >= 4 is 21.8 Å². The summed E-state index contributed by atoms with van der Waals surface area (Å²) in [6, 6.07) is 0. The number of allylic oxidation sites excluding steroid dienone is 2. The highest BCUT2D eigenvalue weighted by atomic mass is 79.9. The Morgan fingerprint density at radius 3 is 2.93 bits per heavy atom. The molecule has 1 amide bonds. The van der Waals surface area contributed by atoms with Gasteiger partial charge >= 0.3 is 0 Å². The van der Waals surface area contributed by atoms with E-state index in [1.807, 2.05) is 18.2 Å². The summed E-state index contributed by atoms with van der Waals surface area (Å²) < 4.78 is 6.24. The van der Waals surface area contributed by atoms with E-state index in [9.17, 15) is 4.79 Å². The Balaban J connectivity index is 2.35. The zero-order chi connectivity index (χ0) is 10.3. The van der Waals surface area contributed by atoms with Crippen LogP contribution in [-0.4, -0.2) is 12.0 Å². The number of carbonyl (C=O) groups is 1. The molecule has 0 aromatic rings. The van der Waals surface area contributed by atoms with Crippen molar-refractivity contribution in [2.24, 2.45) is 17.4 Å². The van der Waals surface area contributed by atoms with Crippen molar-refractivity contribution in [3.8, 4) is 0 Å². The van der Waals surface area contributed by atoms with E-state index in [1.54, 1.807) is 0 Å². The summed E-state index contributed by atoms with van der Waals surface area (Å²) in [5, 5.41) is 0. The summed E-state index contributed by atoms with van der Waals surface area (Å²) in [4.78, 5) is 10.9. The first kappa shape index (κ1) is 9.33. The zero-order valence-corrected chi connectivity index (χ0v) is 8.82. The topological polar surface area (TPSA) is 78.3 Å². The molecule has 0 spiro atoms. The fourth-order valence-electron chi connectivity index (χ4n) is 1.56. The number of fused-ring (bicyclic) bond motifs is 1. The molecule has 2 aliphatic rings. The van der Waals surface area contributed by atoms with Gasteiger partial charge in [0.05, 0.1) is 11.6 Å². The Morgan fingerprint density at radius 1 is 1.57 bits per heavy atom. The van der Waals surface area contributed by atoms with E-state index in [4.69, 9.17) is 16.2 Å². The third-order valence-electron chi connectivity index (χ3n) is 2.24. The molecule has 5 heteroatoms. The maximum Gasteiger partial charge on any atom is 0.285 e. The van der Waals surface area contributed by atoms with Gasteiger partial charge in [-0.15, -0.1) is 0 Å². The predicted octanol–water partition coefficient (Wildman–Crippen LogP) is 0.506. The van der Waals surface area contributed by atoms with Gasteiger partial charge in [-0.25, -0.2) is 0 Å². The summed E-state index contributed by atoms with van der Waals surface area (Å²) in [5.74, 6) is -0.616. The Kier molecular flexibility index (Phi) is 2.11. The maximum atomic E-state index is 10.9. The van der Waals surface area contributed by atoms with Crippen molar-refractivity contribution in [1.82, 2.24) is 0 Å². The average Bonchev–Trinajstić information content (AvgIpc) is 2.44. The molecule has 0 saturated carbocycles. The van der Waals surface area contributed by atoms with E-state index >= 15 is 0 Å². The van der Waals surface area contributed by atoms with E-state index in [0.29, 0.717) is 5.70 Å². The van der Waals surface area contributed by atoms with Crippen LogP contribution in [0.25, 0.3) is 0 Å². The van der Waals surface area contributed by atoms with Crippen LogP contribution in [-0.2, 0) is 9.53 Å². The number of hydrogen-bond acceptors (Lipinski definition) is 3. The van der Waals surface area contributed by atoms with E-state index in [2.05, 4.69) is 15.9 Å². The van der Waals surface area contributed by atoms with Crippen LogP contribution in [0.2, 0.25) is 0 Å². The van der Waals surface area contributed by atoms with Crippen LogP contribution in [0.3, 0.4) is 0 Å². The third kappa shape index (κ3) is 1.33. The van der Waals surface area contributed by atoms with Crippen LogP contribution in [0.1, 0.15) is 0 Å². The minimum atomic E-state index is -0.616. The van der Waals surface area contributed by atoms with Gasteiger partial charge in [0.2, 0.25) is 5.76 Å². The van der Waals surface area contributed by atoms with Gasteiger partial charge < -0.3 is 16.2 Å². The van der Waals surface area contributed by atoms with E-state index in [0.717, 1.165) is 4.48 Å². The monoisotopic (exact) mass is 256 g/mol. The Labute approximate surface area is 89.4 Å². The van der Waals surface area contributed by atoms with Crippen LogP contribution >= 0.6 is 15.9 Å². The maximum absolute atomic E-state index is 10.9. The van der Waals surface area contributed by atoms with Crippen LogP contribution < -0.4 is 11.5 Å². The molecule has 1 aliphatic heterocycles. The highest BCUT2D eigenvalue weighted by Gasteiger charge is 2.36. The smallest absolute Gasteiger partial charge is 0.285 e. The van der Waals surface area contributed by atoms with Crippen molar-refractivity contribution in [3.05, 3.63) is 34.2 Å². The Morgan fingerprint density at radius 2 is 2.29 bits per heavy atom. The quantitative estimate of drug-likeness (QED) is 0.718. The van der Waals surface area contributed by atoms with E-state index < -0.39 is 5.91 Å². The second-order valence-electron chi connectivity index (χ2n) is 3.17. The number of nitrogens with two attached hydrogens (primary N) is 2. The van der Waals surface area contributed by atoms with Crippen molar-refractivity contribution in [2.45, 2.75) is 6.10 Å². The summed E-state index contributed by atoms with van der Waals surface area (Å²) >= 11 is 3.33. The largest absolute Gasteiger partial charge is 0.478 e. The van der Waals surface area contributed by atoms with E-state index in [1.165, 1.54) is 0 Å². The van der Waals surface area contributed by atoms with Crippen molar-refractivity contribution in [1.29, 1.82) is 0 Å². The summed E-state index contributed by atoms with van der Waals surface area (Å²) in [7, 11) is 0. The van der Waals surface area contributed by atoms with Gasteiger partial charge in [-0.05, 0) is 12.2 Å². The molecule has 2 rings (SSSR count). The van der Waals surface area contributed by atoms with Crippen molar-refractivity contribution in [3.63, 3.8) is 0 Å². The zero-order valence-electron chi connectivity index (χ0n) is 7.24. The number of amides is 1. The standard InChI is InChI=1S/C9H9BrN2O2/c10-4-1-2-6-5(3-4)7(11)8(14-6)9(12)13/h1-3,5-6H,11H2,(H2,12,13).